The predicted octanol–water partition coefficient (Wildman–Crippen LogP) is 2.76. The van der Waals surface area contributed by atoms with Crippen LogP contribution in [0.2, 0.25) is 0 Å². The lowest BCUT2D eigenvalue weighted by Crippen LogP contribution is -2.43. The van der Waals surface area contributed by atoms with Gasteiger partial charge < -0.3 is 9.84 Å². The van der Waals surface area contributed by atoms with Crippen LogP contribution in [0.25, 0.3) is 6.08 Å². The molecule has 2 rings (SSSR count). The summed E-state index contributed by atoms with van der Waals surface area (Å²) in [6, 6.07) is 6.33. The number of aliphatic carboxylic acids is 1. The Labute approximate surface area is 137 Å². The van der Waals surface area contributed by atoms with Crippen molar-refractivity contribution in [3.05, 3.63) is 34.7 Å². The molecule has 0 unspecified atom stereocenters. The lowest BCUT2D eigenvalue weighted by molar-refractivity contribution is -0.145. The van der Waals surface area contributed by atoms with Crippen LogP contribution in [0.4, 0.5) is 0 Å². The molecule has 116 valence electrons. The summed E-state index contributed by atoms with van der Waals surface area (Å²) in [6.45, 7) is 1.71. The molecule has 1 fully saturated rings. The van der Waals surface area contributed by atoms with E-state index in [1.807, 2.05) is 12.1 Å². The van der Waals surface area contributed by atoms with Crippen LogP contribution in [-0.2, 0) is 9.59 Å². The van der Waals surface area contributed by atoms with Gasteiger partial charge in [-0.3, -0.25) is 9.69 Å². The minimum Gasteiger partial charge on any atom is -0.497 e. The van der Waals surface area contributed by atoms with Gasteiger partial charge in [0, 0.05) is 0 Å². The normalized spacial score (nSPS) is 17.9. The molecular formula is C15H15NO4S2. The standard InChI is InChI=1S/C15H15NO4S2/c1-3-11(14(18)19)16-13(17)12(22-15(16)21)8-9-5-4-6-10(7-9)20-2/h4-8,11H,3H2,1-2H3,(H,18,19)/b12-8+/t11-/m1/s1. The molecule has 1 aliphatic heterocycles. The lowest BCUT2D eigenvalue weighted by Gasteiger charge is -2.21. The highest BCUT2D eigenvalue weighted by Gasteiger charge is 2.39. The van der Waals surface area contributed by atoms with Crippen molar-refractivity contribution in [2.24, 2.45) is 0 Å². The third-order valence-corrected chi connectivity index (χ3v) is 4.53. The summed E-state index contributed by atoms with van der Waals surface area (Å²) in [7, 11) is 1.57. The van der Waals surface area contributed by atoms with Crippen molar-refractivity contribution < 1.29 is 19.4 Å². The maximum absolute atomic E-state index is 12.4. The molecular weight excluding hydrogens is 322 g/mol. The second-order valence-corrected chi connectivity index (χ2v) is 6.27. The molecule has 0 bridgehead atoms. The van der Waals surface area contributed by atoms with E-state index in [-0.39, 0.29) is 10.2 Å². The highest BCUT2D eigenvalue weighted by Crippen LogP contribution is 2.34. The summed E-state index contributed by atoms with van der Waals surface area (Å²) in [5.41, 5.74) is 0.795. The molecule has 0 saturated carbocycles. The number of carbonyl (C=O) groups is 2. The number of ether oxygens (including phenoxy) is 1. The van der Waals surface area contributed by atoms with E-state index in [4.69, 9.17) is 17.0 Å². The van der Waals surface area contributed by atoms with E-state index in [2.05, 4.69) is 0 Å². The maximum Gasteiger partial charge on any atom is 0.326 e. The lowest BCUT2D eigenvalue weighted by atomic mass is 10.1. The van der Waals surface area contributed by atoms with Gasteiger partial charge in [-0.2, -0.15) is 0 Å². The average molecular weight is 337 g/mol. The fourth-order valence-electron chi connectivity index (χ4n) is 2.10. The Kier molecular flexibility index (Phi) is 5.20. The Balaban J connectivity index is 2.31. The summed E-state index contributed by atoms with van der Waals surface area (Å²) in [6.07, 6.45) is 1.99. The van der Waals surface area contributed by atoms with Crippen LogP contribution in [0.1, 0.15) is 18.9 Å². The molecule has 1 aromatic rings. The molecule has 1 atom stereocenters. The molecule has 22 heavy (non-hydrogen) atoms. The summed E-state index contributed by atoms with van der Waals surface area (Å²) in [5, 5.41) is 9.21. The van der Waals surface area contributed by atoms with Crippen molar-refractivity contribution in [2.45, 2.75) is 19.4 Å². The monoisotopic (exact) mass is 337 g/mol. The Hall–Kier alpha value is -1.86. The van der Waals surface area contributed by atoms with E-state index in [0.29, 0.717) is 17.1 Å². The van der Waals surface area contributed by atoms with Crippen LogP contribution in [-0.4, -0.2) is 39.4 Å². The molecule has 1 N–H and O–H groups in total. The topological polar surface area (TPSA) is 66.8 Å². The van der Waals surface area contributed by atoms with Gasteiger partial charge in [-0.25, -0.2) is 4.79 Å². The fourth-order valence-corrected chi connectivity index (χ4v) is 3.46. The molecule has 0 aromatic heterocycles. The van der Waals surface area contributed by atoms with Gasteiger partial charge in [0.05, 0.1) is 12.0 Å². The zero-order valence-corrected chi connectivity index (χ0v) is 13.7. The van der Waals surface area contributed by atoms with Gasteiger partial charge in [-0.1, -0.05) is 43.0 Å². The fraction of sp³-hybridized carbons (Fsp3) is 0.267. The van der Waals surface area contributed by atoms with E-state index in [1.54, 1.807) is 32.2 Å². The second-order valence-electron chi connectivity index (χ2n) is 4.59. The van der Waals surface area contributed by atoms with Gasteiger partial charge >= 0.3 is 5.97 Å². The number of thiocarbonyl (C=S) groups is 1. The number of benzene rings is 1. The Bertz CT molecular complexity index is 657. The average Bonchev–Trinajstić information content (AvgIpc) is 2.76. The predicted molar refractivity (Wildman–Crippen MR) is 89.7 cm³/mol. The number of thioether (sulfide) groups is 1. The van der Waals surface area contributed by atoms with Gasteiger partial charge in [0.2, 0.25) is 0 Å². The van der Waals surface area contributed by atoms with E-state index >= 15 is 0 Å². The van der Waals surface area contributed by atoms with Gasteiger partial charge in [0.15, 0.2) is 0 Å². The Morgan fingerprint density at radius 1 is 1.55 bits per heavy atom. The van der Waals surface area contributed by atoms with Crippen LogP contribution in [0, 0.1) is 0 Å². The number of carboxylic acids is 1. The Morgan fingerprint density at radius 2 is 2.27 bits per heavy atom. The van der Waals surface area contributed by atoms with Crippen molar-refractivity contribution in [2.75, 3.05) is 7.11 Å². The summed E-state index contributed by atoms with van der Waals surface area (Å²) in [5.74, 6) is -0.741. The zero-order valence-electron chi connectivity index (χ0n) is 12.1. The quantitative estimate of drug-likeness (QED) is 0.658. The number of methoxy groups -OCH3 is 1. The zero-order chi connectivity index (χ0) is 16.3. The van der Waals surface area contributed by atoms with Crippen molar-refractivity contribution in [1.29, 1.82) is 0 Å². The molecule has 1 aliphatic rings. The van der Waals surface area contributed by atoms with Gasteiger partial charge in [-0.15, -0.1) is 0 Å². The molecule has 5 nitrogen and oxygen atoms in total. The largest absolute Gasteiger partial charge is 0.497 e. The first-order valence-electron chi connectivity index (χ1n) is 6.61. The van der Waals surface area contributed by atoms with E-state index in [1.165, 1.54) is 4.90 Å². The molecule has 1 amide bonds. The molecule has 1 heterocycles. The number of amides is 1. The minimum absolute atomic E-state index is 0.272. The first kappa shape index (κ1) is 16.5. The number of carboxylic acid groups (broad SMARTS) is 1. The molecule has 0 spiro atoms. The van der Waals surface area contributed by atoms with E-state index in [0.717, 1.165) is 17.3 Å². The molecule has 1 aromatic carbocycles. The minimum atomic E-state index is -1.05. The third-order valence-electron chi connectivity index (χ3n) is 3.20. The summed E-state index contributed by atoms with van der Waals surface area (Å²) < 4.78 is 5.41. The number of rotatable bonds is 5. The molecule has 1 saturated heterocycles. The van der Waals surface area contributed by atoms with E-state index < -0.39 is 12.0 Å². The van der Waals surface area contributed by atoms with Crippen LogP contribution in [0.3, 0.4) is 0 Å². The van der Waals surface area contributed by atoms with Gasteiger partial charge in [0.25, 0.3) is 5.91 Å². The summed E-state index contributed by atoms with van der Waals surface area (Å²) in [4.78, 5) is 25.3. The maximum atomic E-state index is 12.4. The number of nitrogens with zero attached hydrogens (tertiary/aromatic N) is 1. The summed E-state index contributed by atoms with van der Waals surface area (Å²) >= 11 is 6.28. The number of hydrogen-bond acceptors (Lipinski definition) is 5. The Morgan fingerprint density at radius 3 is 2.86 bits per heavy atom. The van der Waals surface area contributed by atoms with Crippen molar-refractivity contribution in [1.82, 2.24) is 4.90 Å². The number of carbonyl (C=O) groups excluding carboxylic acids is 1. The molecule has 0 aliphatic carbocycles. The van der Waals surface area contributed by atoms with Gasteiger partial charge in [0.1, 0.15) is 16.1 Å². The van der Waals surface area contributed by atoms with Crippen LogP contribution in [0.5, 0.6) is 5.75 Å². The molecule has 7 heteroatoms. The van der Waals surface area contributed by atoms with Crippen molar-refractivity contribution >= 4 is 46.3 Å². The highest BCUT2D eigenvalue weighted by atomic mass is 32.2. The van der Waals surface area contributed by atoms with Crippen LogP contribution < -0.4 is 4.74 Å². The van der Waals surface area contributed by atoms with Gasteiger partial charge in [-0.05, 0) is 30.2 Å². The first-order valence-corrected chi connectivity index (χ1v) is 7.84. The third kappa shape index (κ3) is 3.31. The van der Waals surface area contributed by atoms with Crippen molar-refractivity contribution in [3.8, 4) is 5.75 Å². The van der Waals surface area contributed by atoms with Crippen LogP contribution >= 0.6 is 24.0 Å². The number of hydrogen-bond donors (Lipinski definition) is 1. The first-order chi connectivity index (χ1) is 10.5. The SMILES string of the molecule is CC[C@H](C(=O)O)N1C(=O)/C(=C\c2cccc(OC)c2)SC1=S. The molecule has 0 radical (unpaired) electrons. The smallest absolute Gasteiger partial charge is 0.326 e. The highest BCUT2D eigenvalue weighted by molar-refractivity contribution is 8.26. The second kappa shape index (κ2) is 6.93. The van der Waals surface area contributed by atoms with E-state index in [9.17, 15) is 14.7 Å². The van der Waals surface area contributed by atoms with Crippen LogP contribution in [0.15, 0.2) is 29.2 Å². The van der Waals surface area contributed by atoms with Crippen molar-refractivity contribution in [3.63, 3.8) is 0 Å².